The molecule has 5 heteroatoms. The van der Waals surface area contributed by atoms with Crippen LogP contribution < -0.4 is 10.1 Å². The standard InChI is InChI=1S/C27H24N2O2S/c1-3-31-23-15-8-20(9-16-23)10-17-26(30)28-22-13-11-21(12-14-22)25-18-32-27(29-25)24-7-5-4-6-19(24)2/h4-18H,3H2,1-2H3,(H,28,30)/b17-10+. The Bertz CT molecular complexity index is 1230. The molecular formula is C27H24N2O2S. The molecule has 0 spiro atoms. The van der Waals surface area contributed by atoms with E-state index in [1.807, 2.05) is 67.6 Å². The van der Waals surface area contributed by atoms with E-state index in [-0.39, 0.29) is 5.91 Å². The zero-order chi connectivity index (χ0) is 22.3. The normalized spacial score (nSPS) is 10.9. The first kappa shape index (κ1) is 21.5. The summed E-state index contributed by atoms with van der Waals surface area (Å²) in [6.07, 6.45) is 3.31. The fraction of sp³-hybridized carbons (Fsp3) is 0.111. The van der Waals surface area contributed by atoms with Gasteiger partial charge in [-0.05, 0) is 55.3 Å². The average molecular weight is 441 g/mol. The minimum atomic E-state index is -0.179. The number of benzene rings is 3. The number of ether oxygens (including phenoxy) is 1. The highest BCUT2D eigenvalue weighted by molar-refractivity contribution is 7.13. The molecule has 160 valence electrons. The van der Waals surface area contributed by atoms with Crippen molar-refractivity contribution >= 4 is 29.0 Å². The van der Waals surface area contributed by atoms with Crippen LogP contribution >= 0.6 is 11.3 Å². The fourth-order valence-electron chi connectivity index (χ4n) is 3.26. The Balaban J connectivity index is 1.38. The topological polar surface area (TPSA) is 51.2 Å². The monoisotopic (exact) mass is 440 g/mol. The number of aryl methyl sites for hydroxylation is 1. The maximum absolute atomic E-state index is 12.3. The first-order valence-corrected chi connectivity index (χ1v) is 11.3. The van der Waals surface area contributed by atoms with E-state index >= 15 is 0 Å². The summed E-state index contributed by atoms with van der Waals surface area (Å²) in [4.78, 5) is 17.1. The Hall–Kier alpha value is -3.70. The molecule has 4 nitrogen and oxygen atoms in total. The van der Waals surface area contributed by atoms with Gasteiger partial charge in [0.25, 0.3) is 0 Å². The third kappa shape index (κ3) is 5.31. The van der Waals surface area contributed by atoms with Gasteiger partial charge in [-0.15, -0.1) is 11.3 Å². The molecule has 0 unspecified atom stereocenters. The Morgan fingerprint density at radius 1 is 1.03 bits per heavy atom. The van der Waals surface area contributed by atoms with Crippen LogP contribution in [-0.4, -0.2) is 17.5 Å². The van der Waals surface area contributed by atoms with Crippen LogP contribution in [0.25, 0.3) is 27.9 Å². The lowest BCUT2D eigenvalue weighted by Crippen LogP contribution is -2.07. The second-order valence-corrected chi connectivity index (χ2v) is 8.11. The SMILES string of the molecule is CCOc1ccc(/C=C/C(=O)Nc2ccc(-c3csc(-c4ccccc4C)n3)cc2)cc1. The molecule has 1 amide bonds. The third-order valence-electron chi connectivity index (χ3n) is 4.95. The van der Waals surface area contributed by atoms with Gasteiger partial charge in [-0.25, -0.2) is 4.98 Å². The van der Waals surface area contributed by atoms with Gasteiger partial charge in [0.1, 0.15) is 10.8 Å². The van der Waals surface area contributed by atoms with Crippen molar-refractivity contribution in [2.45, 2.75) is 13.8 Å². The Morgan fingerprint density at radius 3 is 2.50 bits per heavy atom. The fourth-order valence-corrected chi connectivity index (χ4v) is 4.18. The van der Waals surface area contributed by atoms with Crippen LogP contribution in [0.1, 0.15) is 18.1 Å². The van der Waals surface area contributed by atoms with Gasteiger partial charge in [-0.3, -0.25) is 4.79 Å². The molecule has 0 bridgehead atoms. The van der Waals surface area contributed by atoms with E-state index in [4.69, 9.17) is 9.72 Å². The van der Waals surface area contributed by atoms with Crippen LogP contribution in [0.2, 0.25) is 0 Å². The van der Waals surface area contributed by atoms with Crippen LogP contribution in [0.5, 0.6) is 5.75 Å². The molecule has 0 saturated heterocycles. The zero-order valence-electron chi connectivity index (χ0n) is 18.0. The molecule has 0 aliphatic carbocycles. The molecule has 0 radical (unpaired) electrons. The van der Waals surface area contributed by atoms with Crippen molar-refractivity contribution in [1.82, 2.24) is 4.98 Å². The number of carbonyl (C=O) groups is 1. The minimum Gasteiger partial charge on any atom is -0.494 e. The highest BCUT2D eigenvalue weighted by Crippen LogP contribution is 2.31. The van der Waals surface area contributed by atoms with Crippen molar-refractivity contribution < 1.29 is 9.53 Å². The first-order valence-electron chi connectivity index (χ1n) is 10.5. The summed E-state index contributed by atoms with van der Waals surface area (Å²) in [6.45, 7) is 4.68. The average Bonchev–Trinajstić information content (AvgIpc) is 3.30. The number of thiazole rings is 1. The Labute approximate surface area is 192 Å². The van der Waals surface area contributed by atoms with Crippen LogP contribution in [0.3, 0.4) is 0 Å². The number of aromatic nitrogens is 1. The molecule has 1 heterocycles. The van der Waals surface area contributed by atoms with Gasteiger partial charge >= 0.3 is 0 Å². The number of carbonyl (C=O) groups excluding carboxylic acids is 1. The van der Waals surface area contributed by atoms with Crippen molar-refractivity contribution in [2.24, 2.45) is 0 Å². The Kier molecular flexibility index (Phi) is 6.78. The molecule has 0 saturated carbocycles. The molecule has 1 aromatic heterocycles. The molecule has 4 aromatic rings. The van der Waals surface area contributed by atoms with E-state index in [9.17, 15) is 4.79 Å². The second kappa shape index (κ2) is 10.1. The molecule has 0 aliphatic rings. The quantitative estimate of drug-likeness (QED) is 0.320. The lowest BCUT2D eigenvalue weighted by molar-refractivity contribution is -0.111. The van der Waals surface area contributed by atoms with Gasteiger partial charge in [-0.2, -0.15) is 0 Å². The lowest BCUT2D eigenvalue weighted by atomic mass is 10.1. The van der Waals surface area contributed by atoms with Crippen LogP contribution in [-0.2, 0) is 4.79 Å². The smallest absolute Gasteiger partial charge is 0.248 e. The van der Waals surface area contributed by atoms with Crippen molar-refractivity contribution in [1.29, 1.82) is 0 Å². The predicted octanol–water partition coefficient (Wildman–Crippen LogP) is 6.84. The van der Waals surface area contributed by atoms with Crippen LogP contribution in [0, 0.1) is 6.92 Å². The van der Waals surface area contributed by atoms with E-state index in [1.165, 1.54) is 11.6 Å². The van der Waals surface area contributed by atoms with Crippen molar-refractivity contribution in [3.05, 3.63) is 95.4 Å². The number of nitrogens with one attached hydrogen (secondary N) is 1. The van der Waals surface area contributed by atoms with Crippen molar-refractivity contribution in [3.63, 3.8) is 0 Å². The molecule has 3 aromatic carbocycles. The number of amides is 1. The van der Waals surface area contributed by atoms with Crippen LogP contribution in [0.4, 0.5) is 5.69 Å². The number of hydrogen-bond acceptors (Lipinski definition) is 4. The van der Waals surface area contributed by atoms with Gasteiger partial charge in [0.2, 0.25) is 5.91 Å². The van der Waals surface area contributed by atoms with Gasteiger partial charge in [-0.1, -0.05) is 48.5 Å². The summed E-state index contributed by atoms with van der Waals surface area (Å²) >= 11 is 1.64. The molecule has 0 fully saturated rings. The maximum atomic E-state index is 12.3. The summed E-state index contributed by atoms with van der Waals surface area (Å²) in [7, 11) is 0. The summed E-state index contributed by atoms with van der Waals surface area (Å²) < 4.78 is 5.43. The minimum absolute atomic E-state index is 0.179. The van der Waals surface area contributed by atoms with Gasteiger partial charge in [0.15, 0.2) is 0 Å². The third-order valence-corrected chi connectivity index (χ3v) is 5.82. The summed E-state index contributed by atoms with van der Waals surface area (Å²) in [5, 5.41) is 5.97. The van der Waals surface area contributed by atoms with E-state index in [0.717, 1.165) is 38.8 Å². The van der Waals surface area contributed by atoms with E-state index in [2.05, 4.69) is 29.8 Å². The summed E-state index contributed by atoms with van der Waals surface area (Å²) in [5.41, 5.74) is 6.00. The largest absolute Gasteiger partial charge is 0.494 e. The molecule has 4 rings (SSSR count). The molecular weight excluding hydrogens is 416 g/mol. The number of hydrogen-bond donors (Lipinski definition) is 1. The highest BCUT2D eigenvalue weighted by Gasteiger charge is 2.09. The van der Waals surface area contributed by atoms with Gasteiger partial charge < -0.3 is 10.1 Å². The van der Waals surface area contributed by atoms with Gasteiger partial charge in [0.05, 0.1) is 12.3 Å². The van der Waals surface area contributed by atoms with E-state index in [1.54, 1.807) is 17.4 Å². The summed E-state index contributed by atoms with van der Waals surface area (Å²) in [5.74, 6) is 0.641. The molecule has 1 N–H and O–H groups in total. The number of anilines is 1. The highest BCUT2D eigenvalue weighted by atomic mass is 32.1. The maximum Gasteiger partial charge on any atom is 0.248 e. The first-order chi connectivity index (χ1) is 15.6. The lowest BCUT2D eigenvalue weighted by Gasteiger charge is -2.04. The van der Waals surface area contributed by atoms with E-state index < -0.39 is 0 Å². The summed E-state index contributed by atoms with van der Waals surface area (Å²) in [6, 6.07) is 23.6. The Morgan fingerprint density at radius 2 is 1.78 bits per heavy atom. The van der Waals surface area contributed by atoms with Crippen LogP contribution in [0.15, 0.2) is 84.3 Å². The predicted molar refractivity (Wildman–Crippen MR) is 133 cm³/mol. The number of rotatable bonds is 7. The second-order valence-electron chi connectivity index (χ2n) is 7.25. The van der Waals surface area contributed by atoms with Crippen molar-refractivity contribution in [2.75, 3.05) is 11.9 Å². The zero-order valence-corrected chi connectivity index (χ0v) is 18.9. The van der Waals surface area contributed by atoms with Crippen molar-refractivity contribution in [3.8, 4) is 27.6 Å². The number of nitrogens with zero attached hydrogens (tertiary/aromatic N) is 1. The molecule has 32 heavy (non-hydrogen) atoms. The van der Waals surface area contributed by atoms with Gasteiger partial charge in [0, 0.05) is 28.3 Å². The molecule has 0 aliphatic heterocycles. The molecule has 0 atom stereocenters. The van der Waals surface area contributed by atoms with E-state index in [0.29, 0.717) is 6.61 Å².